The van der Waals surface area contributed by atoms with E-state index in [0.717, 1.165) is 33.1 Å². The van der Waals surface area contributed by atoms with Crippen molar-refractivity contribution in [3.63, 3.8) is 0 Å². The minimum absolute atomic E-state index is 0.923. The van der Waals surface area contributed by atoms with Crippen LogP contribution < -0.4 is 0 Å². The Morgan fingerprint density at radius 3 is 2.17 bits per heavy atom. The third-order valence-electron chi connectivity index (χ3n) is 7.38. The van der Waals surface area contributed by atoms with Gasteiger partial charge < -0.3 is 8.98 Å². The molecule has 0 saturated heterocycles. The SMILES string of the molecule is c1ccc2cc(-n3c4ccccc4c4ccc(-c5cccc6c5oc5ccccc56)cc43)ccc2c1. The molecule has 36 heavy (non-hydrogen) atoms. The van der Waals surface area contributed by atoms with Gasteiger partial charge in [-0.1, -0.05) is 97.1 Å². The number of rotatable bonds is 2. The highest BCUT2D eigenvalue weighted by atomic mass is 16.3. The highest BCUT2D eigenvalue weighted by molar-refractivity contribution is 6.13. The molecule has 0 N–H and O–H groups in total. The highest BCUT2D eigenvalue weighted by Crippen LogP contribution is 2.39. The van der Waals surface area contributed by atoms with Crippen LogP contribution in [0, 0.1) is 0 Å². The van der Waals surface area contributed by atoms with Crippen LogP contribution in [0.1, 0.15) is 0 Å². The first-order valence-electron chi connectivity index (χ1n) is 12.3. The lowest BCUT2D eigenvalue weighted by molar-refractivity contribution is 0.670. The Bertz CT molecular complexity index is 2110. The van der Waals surface area contributed by atoms with Crippen molar-refractivity contribution in [1.82, 2.24) is 4.57 Å². The van der Waals surface area contributed by atoms with Crippen LogP contribution >= 0.6 is 0 Å². The molecule has 0 aliphatic carbocycles. The normalized spacial score (nSPS) is 11.9. The van der Waals surface area contributed by atoms with Crippen LogP contribution in [0.15, 0.2) is 132 Å². The second kappa shape index (κ2) is 7.34. The summed E-state index contributed by atoms with van der Waals surface area (Å²) in [5.74, 6) is 0. The molecule has 2 nitrogen and oxygen atoms in total. The minimum Gasteiger partial charge on any atom is -0.455 e. The molecule has 0 aliphatic rings. The number of aromatic nitrogens is 1. The fraction of sp³-hybridized carbons (Fsp3) is 0. The Hall–Kier alpha value is -4.82. The van der Waals surface area contributed by atoms with Crippen LogP contribution in [0.25, 0.3) is 71.3 Å². The molecular weight excluding hydrogens is 438 g/mol. The standard InChI is InChI=1S/C34H21NO/c1-2-9-23-20-25(18-16-22(23)8-1)35-31-14-5-3-10-27(31)28-19-17-24(21-32(28)35)26-12-7-13-30-29-11-4-6-15-33(29)36-34(26)30/h1-21H. The average Bonchev–Trinajstić information content (AvgIpc) is 3.48. The smallest absolute Gasteiger partial charge is 0.143 e. The van der Waals surface area contributed by atoms with Gasteiger partial charge in [0, 0.05) is 32.8 Å². The van der Waals surface area contributed by atoms with Gasteiger partial charge in [0.25, 0.3) is 0 Å². The third-order valence-corrected chi connectivity index (χ3v) is 7.38. The molecule has 0 radical (unpaired) electrons. The van der Waals surface area contributed by atoms with E-state index in [1.807, 2.05) is 12.1 Å². The van der Waals surface area contributed by atoms with E-state index in [4.69, 9.17) is 4.42 Å². The zero-order valence-electron chi connectivity index (χ0n) is 19.5. The summed E-state index contributed by atoms with van der Waals surface area (Å²) in [7, 11) is 0. The Labute approximate surface area is 207 Å². The first kappa shape index (κ1) is 19.5. The third kappa shape index (κ3) is 2.73. The molecule has 0 aliphatic heterocycles. The topological polar surface area (TPSA) is 18.1 Å². The predicted octanol–water partition coefficient (Wildman–Crippen LogP) is 9.50. The minimum atomic E-state index is 0.923. The average molecular weight is 460 g/mol. The monoisotopic (exact) mass is 459 g/mol. The first-order chi connectivity index (χ1) is 17.8. The number of furan rings is 1. The highest BCUT2D eigenvalue weighted by Gasteiger charge is 2.16. The van der Waals surface area contributed by atoms with E-state index in [-0.39, 0.29) is 0 Å². The van der Waals surface area contributed by atoms with Crippen LogP contribution in [0.5, 0.6) is 0 Å². The van der Waals surface area contributed by atoms with Crippen molar-refractivity contribution in [3.05, 3.63) is 127 Å². The number of benzene rings is 6. The molecule has 168 valence electrons. The molecule has 0 spiro atoms. The summed E-state index contributed by atoms with van der Waals surface area (Å²) in [6.45, 7) is 0. The van der Waals surface area contributed by atoms with Crippen molar-refractivity contribution in [2.24, 2.45) is 0 Å². The van der Waals surface area contributed by atoms with Crippen molar-refractivity contribution >= 4 is 54.5 Å². The fourth-order valence-corrected chi connectivity index (χ4v) is 5.71. The summed E-state index contributed by atoms with van der Waals surface area (Å²) < 4.78 is 8.75. The molecule has 8 rings (SSSR count). The predicted molar refractivity (Wildman–Crippen MR) is 151 cm³/mol. The maximum Gasteiger partial charge on any atom is 0.143 e. The van der Waals surface area contributed by atoms with Crippen LogP contribution in [0.2, 0.25) is 0 Å². The van der Waals surface area contributed by atoms with Gasteiger partial charge in [0.05, 0.1) is 11.0 Å². The van der Waals surface area contributed by atoms with Crippen LogP contribution in [0.4, 0.5) is 0 Å². The van der Waals surface area contributed by atoms with Gasteiger partial charge in [0.1, 0.15) is 11.2 Å². The Kier molecular flexibility index (Phi) is 3.97. The molecule has 2 heteroatoms. The maximum absolute atomic E-state index is 6.37. The van der Waals surface area contributed by atoms with Gasteiger partial charge in [0.2, 0.25) is 0 Å². The van der Waals surface area contributed by atoms with Gasteiger partial charge >= 0.3 is 0 Å². The summed E-state index contributed by atoms with van der Waals surface area (Å²) in [6.07, 6.45) is 0. The molecule has 0 atom stereocenters. The zero-order chi connectivity index (χ0) is 23.6. The molecule has 2 aromatic heterocycles. The number of fused-ring (bicyclic) bond motifs is 7. The van der Waals surface area contributed by atoms with E-state index in [9.17, 15) is 0 Å². The molecular formula is C34H21NO. The van der Waals surface area contributed by atoms with E-state index < -0.39 is 0 Å². The van der Waals surface area contributed by atoms with Gasteiger partial charge in [-0.25, -0.2) is 0 Å². The van der Waals surface area contributed by atoms with Gasteiger partial charge in [-0.15, -0.1) is 0 Å². The molecule has 0 amide bonds. The number of hydrogen-bond acceptors (Lipinski definition) is 1. The second-order valence-corrected chi connectivity index (χ2v) is 9.40. The maximum atomic E-state index is 6.37. The van der Waals surface area contributed by atoms with Gasteiger partial charge in [-0.3, -0.25) is 0 Å². The summed E-state index contributed by atoms with van der Waals surface area (Å²) in [6, 6.07) is 45.4. The van der Waals surface area contributed by atoms with E-state index in [2.05, 4.69) is 120 Å². The van der Waals surface area contributed by atoms with Crippen molar-refractivity contribution in [2.45, 2.75) is 0 Å². The Morgan fingerprint density at radius 2 is 1.22 bits per heavy atom. The molecule has 0 saturated carbocycles. The first-order valence-corrected chi connectivity index (χ1v) is 12.3. The van der Waals surface area contributed by atoms with Crippen LogP contribution in [0.3, 0.4) is 0 Å². The summed E-state index contributed by atoms with van der Waals surface area (Å²) in [5, 5.41) is 7.30. The molecule has 2 heterocycles. The number of nitrogens with zero attached hydrogens (tertiary/aromatic N) is 1. The Morgan fingerprint density at radius 1 is 0.472 bits per heavy atom. The molecule has 0 unspecified atom stereocenters. The lowest BCUT2D eigenvalue weighted by Gasteiger charge is -2.10. The van der Waals surface area contributed by atoms with Gasteiger partial charge in [0.15, 0.2) is 0 Å². The lowest BCUT2D eigenvalue weighted by atomic mass is 10.0. The van der Waals surface area contributed by atoms with Crippen molar-refractivity contribution < 1.29 is 4.42 Å². The summed E-state index contributed by atoms with van der Waals surface area (Å²) in [5.41, 5.74) is 7.69. The van der Waals surface area contributed by atoms with Gasteiger partial charge in [-0.2, -0.15) is 0 Å². The van der Waals surface area contributed by atoms with E-state index in [1.165, 1.54) is 38.3 Å². The van der Waals surface area contributed by atoms with E-state index in [0.29, 0.717) is 0 Å². The molecule has 0 fully saturated rings. The molecule has 6 aromatic carbocycles. The fourth-order valence-electron chi connectivity index (χ4n) is 5.71. The lowest BCUT2D eigenvalue weighted by Crippen LogP contribution is -1.94. The number of para-hydroxylation sites is 3. The van der Waals surface area contributed by atoms with Crippen LogP contribution in [-0.2, 0) is 0 Å². The zero-order valence-corrected chi connectivity index (χ0v) is 19.5. The largest absolute Gasteiger partial charge is 0.455 e. The quantitative estimate of drug-likeness (QED) is 0.252. The van der Waals surface area contributed by atoms with Crippen molar-refractivity contribution in [3.8, 4) is 16.8 Å². The van der Waals surface area contributed by atoms with Crippen molar-refractivity contribution in [1.29, 1.82) is 0 Å². The summed E-state index contributed by atoms with van der Waals surface area (Å²) in [4.78, 5) is 0. The van der Waals surface area contributed by atoms with Crippen molar-refractivity contribution in [2.75, 3.05) is 0 Å². The number of hydrogen-bond donors (Lipinski definition) is 0. The van der Waals surface area contributed by atoms with Crippen LogP contribution in [-0.4, -0.2) is 4.57 Å². The second-order valence-electron chi connectivity index (χ2n) is 9.40. The van der Waals surface area contributed by atoms with Gasteiger partial charge in [-0.05, 0) is 46.7 Å². The summed E-state index contributed by atoms with van der Waals surface area (Å²) >= 11 is 0. The molecule has 8 aromatic rings. The Balaban J connectivity index is 1.44. The van der Waals surface area contributed by atoms with E-state index >= 15 is 0 Å². The molecule has 0 bridgehead atoms. The van der Waals surface area contributed by atoms with E-state index in [1.54, 1.807) is 0 Å².